The predicted octanol–water partition coefficient (Wildman–Crippen LogP) is 1.61. The van der Waals surface area contributed by atoms with E-state index in [0.717, 1.165) is 0 Å². The third-order valence-electron chi connectivity index (χ3n) is 4.58. The van der Waals surface area contributed by atoms with E-state index in [2.05, 4.69) is 4.98 Å². The number of rotatable bonds is 4. The molecule has 0 spiro atoms. The Balaban J connectivity index is 1.48. The largest absolute Gasteiger partial charge is 0.421 e. The molecule has 3 heterocycles. The molecule has 10 heteroatoms. The SMILES string of the molecule is O=c1oc2cc(Cl)ccc2n1CN1CCN(S(=O)(=O)c2cccnc2)CC1. The molecule has 0 atom stereocenters. The molecule has 0 amide bonds. The van der Waals surface area contributed by atoms with Gasteiger partial charge in [-0.3, -0.25) is 14.5 Å². The van der Waals surface area contributed by atoms with Crippen LogP contribution < -0.4 is 5.76 Å². The Morgan fingerprint density at radius 1 is 1.15 bits per heavy atom. The van der Waals surface area contributed by atoms with Gasteiger partial charge in [-0.15, -0.1) is 0 Å². The van der Waals surface area contributed by atoms with Gasteiger partial charge in [0, 0.05) is 49.7 Å². The first-order valence-electron chi connectivity index (χ1n) is 8.36. The molecule has 0 radical (unpaired) electrons. The van der Waals surface area contributed by atoms with Crippen molar-refractivity contribution in [2.24, 2.45) is 0 Å². The third-order valence-corrected chi connectivity index (χ3v) is 6.69. The zero-order chi connectivity index (χ0) is 19.0. The molecule has 142 valence electrons. The van der Waals surface area contributed by atoms with E-state index < -0.39 is 15.8 Å². The summed E-state index contributed by atoms with van der Waals surface area (Å²) in [5.41, 5.74) is 1.10. The number of pyridine rings is 1. The summed E-state index contributed by atoms with van der Waals surface area (Å²) in [6, 6.07) is 8.19. The average Bonchev–Trinajstić information content (AvgIpc) is 2.97. The Morgan fingerprint density at radius 2 is 1.93 bits per heavy atom. The highest BCUT2D eigenvalue weighted by atomic mass is 35.5. The quantitative estimate of drug-likeness (QED) is 0.651. The molecule has 1 saturated heterocycles. The molecule has 1 fully saturated rings. The highest BCUT2D eigenvalue weighted by Gasteiger charge is 2.29. The Hall–Kier alpha value is -2.20. The van der Waals surface area contributed by atoms with E-state index in [9.17, 15) is 13.2 Å². The van der Waals surface area contributed by atoms with Crippen molar-refractivity contribution in [3.05, 3.63) is 58.3 Å². The molecule has 8 nitrogen and oxygen atoms in total. The van der Waals surface area contributed by atoms with Crippen LogP contribution in [0.25, 0.3) is 11.1 Å². The highest BCUT2D eigenvalue weighted by molar-refractivity contribution is 7.89. The van der Waals surface area contributed by atoms with Crippen LogP contribution in [0.3, 0.4) is 0 Å². The maximum atomic E-state index is 12.7. The van der Waals surface area contributed by atoms with Gasteiger partial charge in [-0.1, -0.05) is 11.6 Å². The van der Waals surface area contributed by atoms with Crippen molar-refractivity contribution in [1.82, 2.24) is 18.8 Å². The van der Waals surface area contributed by atoms with Gasteiger partial charge in [-0.05, 0) is 24.3 Å². The molecule has 27 heavy (non-hydrogen) atoms. The number of halogens is 1. The summed E-state index contributed by atoms with van der Waals surface area (Å²) in [5, 5.41) is 0.498. The minimum absolute atomic E-state index is 0.187. The fourth-order valence-corrected chi connectivity index (χ4v) is 4.68. The summed E-state index contributed by atoms with van der Waals surface area (Å²) in [7, 11) is -3.55. The normalized spacial score (nSPS) is 16.8. The zero-order valence-electron chi connectivity index (χ0n) is 14.3. The average molecular weight is 409 g/mol. The van der Waals surface area contributed by atoms with Crippen molar-refractivity contribution in [2.75, 3.05) is 26.2 Å². The molecular formula is C17H17ClN4O4S. The van der Waals surface area contributed by atoms with E-state index in [4.69, 9.17) is 16.0 Å². The predicted molar refractivity (Wildman–Crippen MR) is 100 cm³/mol. The monoisotopic (exact) mass is 408 g/mol. The first-order valence-corrected chi connectivity index (χ1v) is 10.2. The number of aromatic nitrogens is 2. The second kappa shape index (κ2) is 7.08. The third kappa shape index (κ3) is 3.51. The number of hydrogen-bond donors (Lipinski definition) is 0. The number of sulfonamides is 1. The molecular weight excluding hydrogens is 392 g/mol. The number of fused-ring (bicyclic) bond motifs is 1. The van der Waals surface area contributed by atoms with Crippen LogP contribution in [0, 0.1) is 0 Å². The molecule has 1 aliphatic heterocycles. The molecule has 1 aliphatic rings. The first kappa shape index (κ1) is 18.2. The molecule has 4 rings (SSSR count). The summed E-state index contributed by atoms with van der Waals surface area (Å²) in [6.07, 6.45) is 2.89. The first-order chi connectivity index (χ1) is 12.9. The molecule has 0 unspecified atom stereocenters. The van der Waals surface area contributed by atoms with Gasteiger partial charge in [-0.2, -0.15) is 4.31 Å². The van der Waals surface area contributed by atoms with E-state index in [-0.39, 0.29) is 4.90 Å². The maximum absolute atomic E-state index is 12.7. The fourth-order valence-electron chi connectivity index (χ4n) is 3.13. The summed E-state index contributed by atoms with van der Waals surface area (Å²) >= 11 is 5.93. The molecule has 0 aliphatic carbocycles. The lowest BCUT2D eigenvalue weighted by molar-refractivity contribution is 0.150. The van der Waals surface area contributed by atoms with Crippen LogP contribution in [0.5, 0.6) is 0 Å². The number of nitrogens with zero attached hydrogens (tertiary/aromatic N) is 4. The number of hydrogen-bond acceptors (Lipinski definition) is 6. The van der Waals surface area contributed by atoms with Gasteiger partial charge in [0.15, 0.2) is 5.58 Å². The maximum Gasteiger partial charge on any atom is 0.421 e. The Kier molecular flexibility index (Phi) is 4.77. The van der Waals surface area contributed by atoms with Crippen molar-refractivity contribution in [1.29, 1.82) is 0 Å². The van der Waals surface area contributed by atoms with Gasteiger partial charge >= 0.3 is 5.76 Å². The fraction of sp³-hybridized carbons (Fsp3) is 0.294. The molecule has 3 aromatic rings. The number of benzene rings is 1. The van der Waals surface area contributed by atoms with E-state index in [1.54, 1.807) is 24.3 Å². The zero-order valence-corrected chi connectivity index (χ0v) is 15.9. The second-order valence-electron chi connectivity index (χ2n) is 6.26. The molecule has 2 aromatic heterocycles. The van der Waals surface area contributed by atoms with Crippen LogP contribution in [0.1, 0.15) is 0 Å². The van der Waals surface area contributed by atoms with Crippen molar-refractivity contribution in [2.45, 2.75) is 11.6 Å². The van der Waals surface area contributed by atoms with Crippen molar-refractivity contribution >= 4 is 32.7 Å². The van der Waals surface area contributed by atoms with Crippen LogP contribution in [0.15, 0.2) is 56.8 Å². The molecule has 0 bridgehead atoms. The Labute approximate surface area is 160 Å². The van der Waals surface area contributed by atoms with Gasteiger partial charge in [0.2, 0.25) is 10.0 Å². The minimum Gasteiger partial charge on any atom is -0.408 e. The van der Waals surface area contributed by atoms with Gasteiger partial charge < -0.3 is 4.42 Å². The topological polar surface area (TPSA) is 88.7 Å². The van der Waals surface area contributed by atoms with Crippen LogP contribution >= 0.6 is 11.6 Å². The standard InChI is InChI=1S/C17H17ClN4O4S/c18-13-3-4-15-16(10-13)26-17(23)22(15)12-20-6-8-21(9-7-20)27(24,25)14-2-1-5-19-11-14/h1-5,10-11H,6-9,12H2. The number of piperazine rings is 1. The smallest absolute Gasteiger partial charge is 0.408 e. The molecule has 1 aromatic carbocycles. The van der Waals surface area contributed by atoms with E-state index >= 15 is 0 Å². The van der Waals surface area contributed by atoms with E-state index in [0.29, 0.717) is 49.0 Å². The Morgan fingerprint density at radius 3 is 2.63 bits per heavy atom. The minimum atomic E-state index is -3.55. The van der Waals surface area contributed by atoms with Gasteiger partial charge in [-0.25, -0.2) is 13.2 Å². The van der Waals surface area contributed by atoms with Crippen LogP contribution in [0.2, 0.25) is 5.02 Å². The van der Waals surface area contributed by atoms with Crippen molar-refractivity contribution < 1.29 is 12.8 Å². The lowest BCUT2D eigenvalue weighted by Gasteiger charge is -2.33. The second-order valence-corrected chi connectivity index (χ2v) is 8.63. The van der Waals surface area contributed by atoms with Gasteiger partial charge in [0.05, 0.1) is 12.2 Å². The van der Waals surface area contributed by atoms with Crippen LogP contribution in [0.4, 0.5) is 0 Å². The van der Waals surface area contributed by atoms with E-state index in [1.165, 1.54) is 27.3 Å². The van der Waals surface area contributed by atoms with Crippen LogP contribution in [-0.4, -0.2) is 53.4 Å². The lowest BCUT2D eigenvalue weighted by Crippen LogP contribution is -2.49. The summed E-state index contributed by atoms with van der Waals surface area (Å²) in [5.74, 6) is -0.460. The number of oxazole rings is 1. The van der Waals surface area contributed by atoms with Gasteiger partial charge in [0.1, 0.15) is 4.90 Å². The lowest BCUT2D eigenvalue weighted by atomic mass is 10.3. The summed E-state index contributed by atoms with van der Waals surface area (Å²) in [6.45, 7) is 2.02. The van der Waals surface area contributed by atoms with Crippen molar-refractivity contribution in [3.63, 3.8) is 0 Å². The van der Waals surface area contributed by atoms with Crippen LogP contribution in [-0.2, 0) is 16.7 Å². The summed E-state index contributed by atoms with van der Waals surface area (Å²) in [4.78, 5) is 18.2. The van der Waals surface area contributed by atoms with E-state index in [1.807, 2.05) is 4.90 Å². The highest BCUT2D eigenvalue weighted by Crippen LogP contribution is 2.20. The Bertz CT molecular complexity index is 1120. The van der Waals surface area contributed by atoms with Gasteiger partial charge in [0.25, 0.3) is 0 Å². The molecule has 0 saturated carbocycles. The van der Waals surface area contributed by atoms with Crippen molar-refractivity contribution in [3.8, 4) is 0 Å². The summed E-state index contributed by atoms with van der Waals surface area (Å²) < 4.78 is 33.5. The molecule has 0 N–H and O–H groups in total.